The maximum absolute atomic E-state index is 13.2. The lowest BCUT2D eigenvalue weighted by atomic mass is 9.95. The van der Waals surface area contributed by atoms with Gasteiger partial charge >= 0.3 is 0 Å². The zero-order valence-electron chi connectivity index (χ0n) is 12.7. The van der Waals surface area contributed by atoms with E-state index in [2.05, 4.69) is 53.3 Å². The summed E-state index contributed by atoms with van der Waals surface area (Å²) in [7, 11) is 0. The van der Waals surface area contributed by atoms with Crippen molar-refractivity contribution in [3.63, 3.8) is 0 Å². The largest absolute Gasteiger partial charge is 0.310 e. The number of aryl methyl sites for hydroxylation is 2. The van der Waals surface area contributed by atoms with E-state index in [0.717, 1.165) is 23.0 Å². The Morgan fingerprint density at radius 2 is 1.90 bits per heavy atom. The topological polar surface area (TPSA) is 12.0 Å². The van der Waals surface area contributed by atoms with Crippen molar-refractivity contribution >= 4 is 15.9 Å². The normalized spacial score (nSPS) is 12.4. The predicted molar refractivity (Wildman–Crippen MR) is 90.1 cm³/mol. The number of hydrogen-bond acceptors (Lipinski definition) is 1. The van der Waals surface area contributed by atoms with Crippen LogP contribution in [0.15, 0.2) is 40.9 Å². The molecule has 0 amide bonds. The van der Waals surface area contributed by atoms with E-state index in [0.29, 0.717) is 0 Å². The minimum atomic E-state index is -0.173. The molecule has 1 unspecified atom stereocenters. The SMILES string of the molecule is CCNC(Cc1ccc(F)cc1C)c1cc(C)ccc1Br. The van der Waals surface area contributed by atoms with Crippen LogP contribution < -0.4 is 5.32 Å². The molecule has 21 heavy (non-hydrogen) atoms. The van der Waals surface area contributed by atoms with Crippen LogP contribution in [0.5, 0.6) is 0 Å². The van der Waals surface area contributed by atoms with Gasteiger partial charge in [-0.25, -0.2) is 4.39 Å². The van der Waals surface area contributed by atoms with Gasteiger partial charge in [0.25, 0.3) is 0 Å². The van der Waals surface area contributed by atoms with E-state index < -0.39 is 0 Å². The third-order valence-electron chi connectivity index (χ3n) is 3.71. The summed E-state index contributed by atoms with van der Waals surface area (Å²) in [6, 6.07) is 11.6. The molecule has 1 N–H and O–H groups in total. The molecule has 1 atom stereocenters. The number of likely N-dealkylation sites (N-methyl/N-ethyl adjacent to an activating group) is 1. The van der Waals surface area contributed by atoms with Crippen molar-refractivity contribution in [2.75, 3.05) is 6.54 Å². The van der Waals surface area contributed by atoms with Crippen LogP contribution in [0.1, 0.15) is 35.2 Å². The fourth-order valence-corrected chi connectivity index (χ4v) is 3.10. The van der Waals surface area contributed by atoms with E-state index >= 15 is 0 Å². The summed E-state index contributed by atoms with van der Waals surface area (Å²) in [5.74, 6) is -0.173. The summed E-state index contributed by atoms with van der Waals surface area (Å²) in [4.78, 5) is 0. The smallest absolute Gasteiger partial charge is 0.123 e. The van der Waals surface area contributed by atoms with Gasteiger partial charge in [-0.2, -0.15) is 0 Å². The number of rotatable bonds is 5. The minimum absolute atomic E-state index is 0.173. The first kappa shape index (κ1) is 16.2. The van der Waals surface area contributed by atoms with Crippen LogP contribution in [0.25, 0.3) is 0 Å². The summed E-state index contributed by atoms with van der Waals surface area (Å²) < 4.78 is 14.4. The van der Waals surface area contributed by atoms with Crippen LogP contribution >= 0.6 is 15.9 Å². The van der Waals surface area contributed by atoms with E-state index in [-0.39, 0.29) is 11.9 Å². The summed E-state index contributed by atoms with van der Waals surface area (Å²) >= 11 is 3.64. The second-order valence-corrected chi connectivity index (χ2v) is 6.26. The molecule has 0 bridgehead atoms. The van der Waals surface area contributed by atoms with Gasteiger partial charge in [0, 0.05) is 10.5 Å². The summed E-state index contributed by atoms with van der Waals surface area (Å²) in [6.45, 7) is 7.06. The summed E-state index contributed by atoms with van der Waals surface area (Å²) in [5, 5.41) is 3.53. The van der Waals surface area contributed by atoms with Crippen molar-refractivity contribution in [1.29, 1.82) is 0 Å². The first-order valence-electron chi connectivity index (χ1n) is 7.25. The van der Waals surface area contributed by atoms with Crippen molar-refractivity contribution in [2.45, 2.75) is 33.2 Å². The number of hydrogen-bond donors (Lipinski definition) is 1. The molecule has 0 aliphatic heterocycles. The van der Waals surface area contributed by atoms with Crippen LogP contribution in [-0.4, -0.2) is 6.54 Å². The number of nitrogens with one attached hydrogen (secondary N) is 1. The fourth-order valence-electron chi connectivity index (χ4n) is 2.58. The van der Waals surface area contributed by atoms with Gasteiger partial charge in [0.2, 0.25) is 0 Å². The second-order valence-electron chi connectivity index (χ2n) is 5.41. The molecule has 2 rings (SSSR count). The predicted octanol–water partition coefficient (Wildman–Crippen LogP) is 5.10. The molecular weight excluding hydrogens is 329 g/mol. The highest BCUT2D eigenvalue weighted by Crippen LogP contribution is 2.28. The van der Waals surface area contributed by atoms with Gasteiger partial charge in [-0.1, -0.05) is 46.6 Å². The molecule has 1 nitrogen and oxygen atoms in total. The molecule has 0 saturated heterocycles. The first-order valence-corrected chi connectivity index (χ1v) is 8.05. The summed E-state index contributed by atoms with van der Waals surface area (Å²) in [5.41, 5.74) is 4.67. The fraction of sp³-hybridized carbons (Fsp3) is 0.333. The molecule has 112 valence electrons. The highest BCUT2D eigenvalue weighted by molar-refractivity contribution is 9.10. The monoisotopic (exact) mass is 349 g/mol. The van der Waals surface area contributed by atoms with Crippen LogP contribution in [0, 0.1) is 19.7 Å². The standard InChI is InChI=1S/C18H21BrFN/c1-4-21-18(16-9-12(2)5-8-17(16)19)11-14-6-7-15(20)10-13(14)3/h5-10,18,21H,4,11H2,1-3H3. The Labute approximate surface area is 134 Å². The van der Waals surface area contributed by atoms with E-state index in [1.165, 1.54) is 22.8 Å². The molecule has 0 fully saturated rings. The molecule has 0 radical (unpaired) electrons. The quantitative estimate of drug-likeness (QED) is 0.791. The number of halogens is 2. The lowest BCUT2D eigenvalue weighted by Crippen LogP contribution is -2.23. The van der Waals surface area contributed by atoms with Crippen molar-refractivity contribution in [2.24, 2.45) is 0 Å². The lowest BCUT2D eigenvalue weighted by Gasteiger charge is -2.21. The maximum Gasteiger partial charge on any atom is 0.123 e. The minimum Gasteiger partial charge on any atom is -0.310 e. The van der Waals surface area contributed by atoms with Gasteiger partial charge in [0.15, 0.2) is 0 Å². The molecule has 2 aromatic rings. The zero-order valence-corrected chi connectivity index (χ0v) is 14.3. The maximum atomic E-state index is 13.2. The second kappa shape index (κ2) is 7.19. The molecule has 0 aliphatic rings. The van der Waals surface area contributed by atoms with Crippen LogP contribution in [-0.2, 0) is 6.42 Å². The van der Waals surface area contributed by atoms with Crippen molar-refractivity contribution in [3.8, 4) is 0 Å². The average molecular weight is 350 g/mol. The molecule has 0 heterocycles. The highest BCUT2D eigenvalue weighted by atomic mass is 79.9. The van der Waals surface area contributed by atoms with E-state index in [9.17, 15) is 4.39 Å². The van der Waals surface area contributed by atoms with Gasteiger partial charge in [-0.05, 0) is 61.7 Å². The highest BCUT2D eigenvalue weighted by Gasteiger charge is 2.15. The molecular formula is C18H21BrFN. The van der Waals surface area contributed by atoms with E-state index in [1.807, 2.05) is 13.0 Å². The Morgan fingerprint density at radius 3 is 2.57 bits per heavy atom. The number of benzene rings is 2. The van der Waals surface area contributed by atoms with Gasteiger partial charge in [-0.3, -0.25) is 0 Å². The Balaban J connectivity index is 2.32. The van der Waals surface area contributed by atoms with Crippen LogP contribution in [0.3, 0.4) is 0 Å². The molecule has 3 heteroatoms. The Kier molecular flexibility index (Phi) is 5.54. The molecule has 2 aromatic carbocycles. The lowest BCUT2D eigenvalue weighted by molar-refractivity contribution is 0.545. The van der Waals surface area contributed by atoms with Crippen LogP contribution in [0.4, 0.5) is 4.39 Å². The molecule has 0 saturated carbocycles. The van der Waals surface area contributed by atoms with Crippen molar-refractivity contribution in [1.82, 2.24) is 5.32 Å². The third-order valence-corrected chi connectivity index (χ3v) is 4.43. The van der Waals surface area contributed by atoms with Gasteiger partial charge in [-0.15, -0.1) is 0 Å². The van der Waals surface area contributed by atoms with Crippen molar-refractivity contribution in [3.05, 3.63) is 68.9 Å². The van der Waals surface area contributed by atoms with Crippen molar-refractivity contribution < 1.29 is 4.39 Å². The Morgan fingerprint density at radius 1 is 1.14 bits per heavy atom. The van der Waals surface area contributed by atoms with Gasteiger partial charge in [0.05, 0.1) is 0 Å². The Bertz CT molecular complexity index is 625. The Hall–Kier alpha value is -1.19. The third kappa shape index (κ3) is 4.14. The van der Waals surface area contributed by atoms with E-state index in [1.54, 1.807) is 6.07 Å². The van der Waals surface area contributed by atoms with Crippen LogP contribution in [0.2, 0.25) is 0 Å². The van der Waals surface area contributed by atoms with Gasteiger partial charge < -0.3 is 5.32 Å². The molecule has 0 aliphatic carbocycles. The zero-order chi connectivity index (χ0) is 15.4. The van der Waals surface area contributed by atoms with E-state index in [4.69, 9.17) is 0 Å². The molecule has 0 spiro atoms. The first-order chi connectivity index (χ1) is 10.0. The molecule has 0 aromatic heterocycles. The summed E-state index contributed by atoms with van der Waals surface area (Å²) in [6.07, 6.45) is 0.849. The average Bonchev–Trinajstić information content (AvgIpc) is 2.44. The van der Waals surface area contributed by atoms with Gasteiger partial charge in [0.1, 0.15) is 5.82 Å².